The maximum Gasteiger partial charge on any atom is 0.213 e. The van der Waals surface area contributed by atoms with Crippen molar-refractivity contribution < 1.29 is 9.30 Å². The Hall–Kier alpha value is -3.39. The summed E-state index contributed by atoms with van der Waals surface area (Å²) in [6, 6.07) is 29.5. The highest BCUT2D eigenvalue weighted by molar-refractivity contribution is 5.73. The number of pyridine rings is 1. The second-order valence-electron chi connectivity index (χ2n) is 13.1. The van der Waals surface area contributed by atoms with Crippen LogP contribution in [0.2, 0.25) is 0 Å². The highest BCUT2D eigenvalue weighted by Gasteiger charge is 2.58. The van der Waals surface area contributed by atoms with Crippen molar-refractivity contribution in [2.24, 2.45) is 0 Å². The topological polar surface area (TPSA) is 13.1 Å². The van der Waals surface area contributed by atoms with E-state index in [1.165, 1.54) is 39.1 Å². The maximum absolute atomic E-state index is 6.53. The second kappa shape index (κ2) is 8.07. The highest BCUT2D eigenvalue weighted by atomic mass is 16.5. The van der Waals surface area contributed by atoms with Gasteiger partial charge in [-0.1, -0.05) is 70.2 Å². The van der Waals surface area contributed by atoms with Gasteiger partial charge >= 0.3 is 0 Å². The molecule has 0 N–H and O–H groups in total. The standard InChI is InChI=1S/C37H40NO/c1-7-35(5)28-24-29-30(23-25(28)31-17-13-14-22-38(31)36(35,6)8-2)37(21-20-34(29,3)4)26-15-9-11-18-32(26)39-33-19-12-10-16-27(33)37/h9-19,22-24H,7-8,20-21H2,1-6H3/q+1. The first kappa shape index (κ1) is 24.6. The van der Waals surface area contributed by atoms with Crippen molar-refractivity contribution in [1.29, 1.82) is 0 Å². The first-order valence-corrected chi connectivity index (χ1v) is 14.8. The Morgan fingerprint density at radius 2 is 1.31 bits per heavy atom. The maximum atomic E-state index is 6.53. The number of rotatable bonds is 2. The lowest BCUT2D eigenvalue weighted by Crippen LogP contribution is -2.67. The van der Waals surface area contributed by atoms with E-state index in [1.807, 2.05) is 0 Å². The van der Waals surface area contributed by atoms with Gasteiger partial charge in [0.05, 0.1) is 16.4 Å². The van der Waals surface area contributed by atoms with E-state index < -0.39 is 0 Å². The van der Waals surface area contributed by atoms with E-state index in [9.17, 15) is 0 Å². The summed E-state index contributed by atoms with van der Waals surface area (Å²) in [6.07, 6.45) is 6.68. The number of ether oxygens (including phenoxy) is 1. The predicted molar refractivity (Wildman–Crippen MR) is 159 cm³/mol. The van der Waals surface area contributed by atoms with Gasteiger partial charge in [-0.25, -0.2) is 0 Å². The van der Waals surface area contributed by atoms with E-state index in [0.717, 1.165) is 37.2 Å². The van der Waals surface area contributed by atoms with Gasteiger partial charge in [0, 0.05) is 36.6 Å². The molecule has 3 heterocycles. The Kier molecular flexibility index (Phi) is 5.10. The summed E-state index contributed by atoms with van der Waals surface area (Å²) < 4.78 is 9.11. The van der Waals surface area contributed by atoms with Gasteiger partial charge in [0.15, 0.2) is 11.7 Å². The quantitative estimate of drug-likeness (QED) is 0.243. The summed E-state index contributed by atoms with van der Waals surface area (Å²) >= 11 is 0. The Morgan fingerprint density at radius 1 is 0.667 bits per heavy atom. The van der Waals surface area contributed by atoms with E-state index in [2.05, 4.69) is 131 Å². The van der Waals surface area contributed by atoms with Crippen molar-refractivity contribution in [3.05, 3.63) is 113 Å². The number of hydrogen-bond donors (Lipinski definition) is 0. The van der Waals surface area contributed by atoms with Crippen LogP contribution in [-0.4, -0.2) is 0 Å². The van der Waals surface area contributed by atoms with Crippen molar-refractivity contribution in [3.8, 4) is 22.8 Å². The summed E-state index contributed by atoms with van der Waals surface area (Å²) in [6.45, 7) is 14.6. The molecule has 2 unspecified atom stereocenters. The molecule has 7 rings (SSSR count). The van der Waals surface area contributed by atoms with Crippen LogP contribution in [0.25, 0.3) is 11.3 Å². The molecule has 2 atom stereocenters. The second-order valence-corrected chi connectivity index (χ2v) is 13.1. The summed E-state index contributed by atoms with van der Waals surface area (Å²) in [4.78, 5) is 0. The fourth-order valence-electron chi connectivity index (χ4n) is 8.37. The zero-order valence-electron chi connectivity index (χ0n) is 24.3. The lowest BCUT2D eigenvalue weighted by molar-refractivity contribution is -0.765. The number of para-hydroxylation sites is 2. The van der Waals surface area contributed by atoms with Crippen molar-refractivity contribution in [2.45, 2.75) is 89.0 Å². The molecule has 1 aromatic heterocycles. The molecule has 2 aliphatic heterocycles. The third kappa shape index (κ3) is 2.95. The van der Waals surface area contributed by atoms with Crippen LogP contribution in [0.4, 0.5) is 0 Å². The number of nitrogens with zero attached hydrogens (tertiary/aromatic N) is 1. The molecule has 3 aromatic carbocycles. The highest BCUT2D eigenvalue weighted by Crippen LogP contribution is 2.61. The van der Waals surface area contributed by atoms with Crippen molar-refractivity contribution in [3.63, 3.8) is 0 Å². The normalized spacial score (nSPS) is 25.0. The molecular formula is C37H40NO+. The lowest BCUT2D eigenvalue weighted by atomic mass is 9.53. The summed E-state index contributed by atoms with van der Waals surface area (Å²) in [5, 5.41) is 0. The summed E-state index contributed by atoms with van der Waals surface area (Å²) in [5.41, 5.74) is 9.64. The molecule has 0 saturated carbocycles. The zero-order chi connectivity index (χ0) is 27.2. The molecule has 4 aromatic rings. The van der Waals surface area contributed by atoms with E-state index in [1.54, 1.807) is 0 Å². The van der Waals surface area contributed by atoms with Crippen molar-refractivity contribution in [1.82, 2.24) is 0 Å². The van der Waals surface area contributed by atoms with Crippen LogP contribution in [0.1, 0.15) is 95.0 Å². The van der Waals surface area contributed by atoms with Crippen molar-refractivity contribution >= 4 is 0 Å². The predicted octanol–water partition coefficient (Wildman–Crippen LogP) is 8.96. The molecule has 0 bridgehead atoms. The Balaban J connectivity index is 1.63. The fraction of sp³-hybridized carbons (Fsp3) is 0.378. The van der Waals surface area contributed by atoms with Gasteiger partial charge in [-0.05, 0) is 72.6 Å². The van der Waals surface area contributed by atoms with E-state index >= 15 is 0 Å². The van der Waals surface area contributed by atoms with Crippen LogP contribution in [0, 0.1) is 0 Å². The number of fused-ring (bicyclic) bond motifs is 9. The molecule has 1 spiro atoms. The minimum absolute atomic E-state index is 0.00600. The molecule has 0 radical (unpaired) electrons. The molecule has 0 amide bonds. The Labute approximate surface area is 233 Å². The van der Waals surface area contributed by atoms with E-state index in [0.29, 0.717) is 0 Å². The monoisotopic (exact) mass is 514 g/mol. The summed E-state index contributed by atoms with van der Waals surface area (Å²) in [5.74, 6) is 1.98. The first-order valence-electron chi connectivity index (χ1n) is 14.8. The largest absolute Gasteiger partial charge is 0.457 e. The van der Waals surface area contributed by atoms with Gasteiger partial charge in [0.1, 0.15) is 11.5 Å². The van der Waals surface area contributed by atoms with Gasteiger partial charge in [-0.15, -0.1) is 0 Å². The third-order valence-corrected chi connectivity index (χ3v) is 11.2. The zero-order valence-corrected chi connectivity index (χ0v) is 24.3. The minimum Gasteiger partial charge on any atom is -0.457 e. The van der Waals surface area contributed by atoms with Gasteiger partial charge in [-0.3, -0.25) is 0 Å². The van der Waals surface area contributed by atoms with Crippen LogP contribution >= 0.6 is 0 Å². The molecule has 2 heteroatoms. The number of hydrogen-bond acceptors (Lipinski definition) is 1. The summed E-state index contributed by atoms with van der Waals surface area (Å²) in [7, 11) is 0. The molecule has 0 fully saturated rings. The molecule has 0 saturated heterocycles. The average molecular weight is 515 g/mol. The Morgan fingerprint density at radius 3 is 1.95 bits per heavy atom. The van der Waals surface area contributed by atoms with E-state index in [-0.39, 0.29) is 21.8 Å². The minimum atomic E-state index is -0.237. The fourth-order valence-corrected chi connectivity index (χ4v) is 8.37. The van der Waals surface area contributed by atoms with Gasteiger partial charge in [0.25, 0.3) is 0 Å². The molecule has 2 nitrogen and oxygen atoms in total. The lowest BCUT2D eigenvalue weighted by Gasteiger charge is -2.51. The van der Waals surface area contributed by atoms with Crippen LogP contribution in [0.3, 0.4) is 0 Å². The van der Waals surface area contributed by atoms with Crippen LogP contribution in [0.5, 0.6) is 11.5 Å². The SMILES string of the molecule is CCC1(C)c2cc3c(cc2-c2cccc[n+]2C1(C)CC)C1(CCC3(C)C)c2ccccc2Oc2ccccc21. The number of aromatic nitrogens is 1. The van der Waals surface area contributed by atoms with Gasteiger partial charge in [0.2, 0.25) is 5.69 Å². The van der Waals surface area contributed by atoms with E-state index in [4.69, 9.17) is 4.74 Å². The van der Waals surface area contributed by atoms with Gasteiger partial charge in [-0.2, -0.15) is 4.57 Å². The van der Waals surface area contributed by atoms with Gasteiger partial charge < -0.3 is 4.74 Å². The molecule has 3 aliphatic rings. The molecule has 39 heavy (non-hydrogen) atoms. The average Bonchev–Trinajstić information content (AvgIpc) is 2.97. The molecular weight excluding hydrogens is 474 g/mol. The van der Waals surface area contributed by atoms with Crippen LogP contribution < -0.4 is 9.30 Å². The smallest absolute Gasteiger partial charge is 0.213 e. The molecule has 198 valence electrons. The van der Waals surface area contributed by atoms with Crippen molar-refractivity contribution in [2.75, 3.05) is 0 Å². The number of benzene rings is 3. The molecule has 1 aliphatic carbocycles. The first-order chi connectivity index (χ1) is 18.7. The third-order valence-electron chi connectivity index (χ3n) is 11.2. The van der Waals surface area contributed by atoms with Crippen LogP contribution in [0.15, 0.2) is 85.1 Å². The Bertz CT molecular complexity index is 1580. The van der Waals surface area contributed by atoms with Crippen LogP contribution in [-0.2, 0) is 21.8 Å².